The molecule has 1 fully saturated rings. The lowest BCUT2D eigenvalue weighted by Gasteiger charge is -2.24. The summed E-state index contributed by atoms with van der Waals surface area (Å²) < 4.78 is 44.3. The predicted molar refractivity (Wildman–Crippen MR) is 108 cm³/mol. The first-order valence-electron chi connectivity index (χ1n) is 10.0. The highest BCUT2D eigenvalue weighted by Gasteiger charge is 2.31. The second kappa shape index (κ2) is 8.79. The molecule has 31 heavy (non-hydrogen) atoms. The molecule has 2 heterocycles. The van der Waals surface area contributed by atoms with Crippen molar-refractivity contribution in [2.75, 3.05) is 18.0 Å². The normalized spacial score (nSPS) is 15.5. The minimum atomic E-state index is -4.46. The highest BCUT2D eigenvalue weighted by Crippen LogP contribution is 2.29. The molecule has 0 radical (unpaired) electrons. The highest BCUT2D eigenvalue weighted by molar-refractivity contribution is 5.94. The number of hydrogen-bond acceptors (Lipinski definition) is 5. The standard InChI is InChI=1S/C22H21F3N4O2/c23-22(24,25)17-11-9-16(10-12-17)19(30)26-18(15-7-3-1-4-8-15)20-27-28-21(31-20)29-13-5-2-6-14-29/h1,3-4,7-12,18H,2,5-6,13-14H2,(H,26,30)/t18-/m1/s1. The molecule has 0 saturated carbocycles. The third-order valence-corrected chi connectivity index (χ3v) is 5.19. The molecule has 1 saturated heterocycles. The molecule has 0 unspecified atom stereocenters. The van der Waals surface area contributed by atoms with Crippen LogP contribution in [0.15, 0.2) is 59.0 Å². The van der Waals surface area contributed by atoms with E-state index in [-0.39, 0.29) is 11.5 Å². The summed E-state index contributed by atoms with van der Waals surface area (Å²) >= 11 is 0. The first-order valence-corrected chi connectivity index (χ1v) is 10.0. The van der Waals surface area contributed by atoms with Gasteiger partial charge in [-0.15, -0.1) is 5.10 Å². The Labute approximate surface area is 177 Å². The SMILES string of the molecule is O=C(N[C@H](c1ccccc1)c1nnc(N2CCCCC2)o1)c1ccc(C(F)(F)F)cc1. The van der Waals surface area contributed by atoms with E-state index in [0.717, 1.165) is 62.2 Å². The van der Waals surface area contributed by atoms with Gasteiger partial charge in [0, 0.05) is 18.7 Å². The van der Waals surface area contributed by atoms with Crippen molar-refractivity contribution in [1.82, 2.24) is 15.5 Å². The lowest BCUT2D eigenvalue weighted by Crippen LogP contribution is -2.30. The molecule has 0 aliphatic carbocycles. The lowest BCUT2D eigenvalue weighted by molar-refractivity contribution is -0.137. The Morgan fingerprint density at radius 1 is 0.968 bits per heavy atom. The Morgan fingerprint density at radius 2 is 1.65 bits per heavy atom. The highest BCUT2D eigenvalue weighted by atomic mass is 19.4. The number of carbonyl (C=O) groups is 1. The van der Waals surface area contributed by atoms with Crippen molar-refractivity contribution >= 4 is 11.9 Å². The number of anilines is 1. The fraction of sp³-hybridized carbons (Fsp3) is 0.318. The zero-order valence-electron chi connectivity index (χ0n) is 16.6. The summed E-state index contributed by atoms with van der Waals surface area (Å²) in [5.74, 6) is -0.327. The number of hydrogen-bond donors (Lipinski definition) is 1. The van der Waals surface area contributed by atoms with Gasteiger partial charge in [-0.3, -0.25) is 4.79 Å². The van der Waals surface area contributed by atoms with E-state index >= 15 is 0 Å². The number of carbonyl (C=O) groups excluding carboxylic acids is 1. The Morgan fingerprint density at radius 3 is 2.29 bits per heavy atom. The molecule has 1 atom stereocenters. The van der Waals surface area contributed by atoms with E-state index in [9.17, 15) is 18.0 Å². The van der Waals surface area contributed by atoms with Crippen LogP contribution in [0.3, 0.4) is 0 Å². The van der Waals surface area contributed by atoms with Gasteiger partial charge in [-0.1, -0.05) is 35.4 Å². The van der Waals surface area contributed by atoms with Crippen LogP contribution < -0.4 is 10.2 Å². The first-order chi connectivity index (χ1) is 14.9. The molecular formula is C22H21F3N4O2. The van der Waals surface area contributed by atoms with Crippen LogP contribution in [0.1, 0.15) is 52.7 Å². The molecule has 162 valence electrons. The number of rotatable bonds is 5. The smallest absolute Gasteiger partial charge is 0.405 e. The van der Waals surface area contributed by atoms with Gasteiger partial charge < -0.3 is 14.6 Å². The van der Waals surface area contributed by atoms with Gasteiger partial charge in [-0.2, -0.15) is 13.2 Å². The van der Waals surface area contributed by atoms with Crippen LogP contribution in [0.5, 0.6) is 0 Å². The zero-order chi connectivity index (χ0) is 21.8. The summed E-state index contributed by atoms with van der Waals surface area (Å²) in [6.07, 6.45) is -1.21. The number of aromatic nitrogens is 2. The van der Waals surface area contributed by atoms with Gasteiger partial charge in [0.2, 0.25) is 5.89 Å². The Hall–Kier alpha value is -3.36. The number of benzene rings is 2. The molecular weight excluding hydrogens is 409 g/mol. The minimum Gasteiger partial charge on any atom is -0.405 e. The van der Waals surface area contributed by atoms with Crippen LogP contribution in [0.2, 0.25) is 0 Å². The second-order valence-electron chi connectivity index (χ2n) is 7.36. The van der Waals surface area contributed by atoms with E-state index in [4.69, 9.17) is 4.42 Å². The first kappa shape index (κ1) is 20.9. The van der Waals surface area contributed by atoms with Gasteiger partial charge in [0.05, 0.1) is 5.56 Å². The molecule has 3 aromatic rings. The summed E-state index contributed by atoms with van der Waals surface area (Å²) in [7, 11) is 0. The number of nitrogens with one attached hydrogen (secondary N) is 1. The predicted octanol–water partition coefficient (Wildman–Crippen LogP) is 4.60. The monoisotopic (exact) mass is 430 g/mol. The third-order valence-electron chi connectivity index (χ3n) is 5.19. The van der Waals surface area contributed by atoms with Crippen molar-refractivity contribution < 1.29 is 22.4 Å². The Bertz CT molecular complexity index is 1010. The number of piperidine rings is 1. The van der Waals surface area contributed by atoms with E-state index < -0.39 is 23.7 Å². The maximum atomic E-state index is 12.8. The Balaban J connectivity index is 1.58. The summed E-state index contributed by atoms with van der Waals surface area (Å²) in [4.78, 5) is 14.8. The van der Waals surface area contributed by atoms with Gasteiger partial charge in [-0.25, -0.2) is 0 Å². The van der Waals surface area contributed by atoms with E-state index in [2.05, 4.69) is 15.5 Å². The van der Waals surface area contributed by atoms with Crippen molar-refractivity contribution in [2.45, 2.75) is 31.5 Å². The molecule has 2 aromatic carbocycles. The second-order valence-corrected chi connectivity index (χ2v) is 7.36. The summed E-state index contributed by atoms with van der Waals surface area (Å²) in [6.45, 7) is 1.66. The van der Waals surface area contributed by atoms with Gasteiger partial charge in [0.25, 0.3) is 5.91 Å². The molecule has 1 aromatic heterocycles. The molecule has 0 bridgehead atoms. The van der Waals surface area contributed by atoms with Crippen LogP contribution in [0.4, 0.5) is 19.2 Å². The van der Waals surface area contributed by atoms with Crippen LogP contribution >= 0.6 is 0 Å². The van der Waals surface area contributed by atoms with Gasteiger partial charge in [0.15, 0.2) is 0 Å². The van der Waals surface area contributed by atoms with Gasteiger partial charge in [0.1, 0.15) is 6.04 Å². The van der Waals surface area contributed by atoms with E-state index in [1.807, 2.05) is 35.2 Å². The van der Waals surface area contributed by atoms with Crippen molar-refractivity contribution in [1.29, 1.82) is 0 Å². The molecule has 0 spiro atoms. The van der Waals surface area contributed by atoms with Crippen molar-refractivity contribution in [3.05, 3.63) is 77.2 Å². The summed E-state index contributed by atoms with van der Waals surface area (Å²) in [5.41, 5.74) is 0.00744. The minimum absolute atomic E-state index is 0.102. The number of nitrogens with zero attached hydrogens (tertiary/aromatic N) is 3. The van der Waals surface area contributed by atoms with Crippen LogP contribution in [0.25, 0.3) is 0 Å². The molecule has 1 N–H and O–H groups in total. The average molecular weight is 430 g/mol. The van der Waals surface area contributed by atoms with Crippen LogP contribution in [0, 0.1) is 0 Å². The number of halogens is 3. The largest absolute Gasteiger partial charge is 0.416 e. The molecule has 6 nitrogen and oxygen atoms in total. The molecule has 1 aliphatic rings. The van der Waals surface area contributed by atoms with Crippen molar-refractivity contribution in [2.24, 2.45) is 0 Å². The molecule has 4 rings (SSSR count). The third kappa shape index (κ3) is 4.87. The molecule has 9 heteroatoms. The summed E-state index contributed by atoms with van der Waals surface area (Å²) in [6, 6.07) is 12.8. The lowest BCUT2D eigenvalue weighted by atomic mass is 10.1. The zero-order valence-corrected chi connectivity index (χ0v) is 16.6. The van der Waals surface area contributed by atoms with Crippen LogP contribution in [-0.2, 0) is 6.18 Å². The fourth-order valence-electron chi connectivity index (χ4n) is 3.51. The van der Waals surface area contributed by atoms with Gasteiger partial charge in [-0.05, 0) is 49.1 Å². The summed E-state index contributed by atoms with van der Waals surface area (Å²) in [5, 5.41) is 11.1. The maximum absolute atomic E-state index is 12.8. The van der Waals surface area contributed by atoms with E-state index in [0.29, 0.717) is 6.01 Å². The Kier molecular flexibility index (Phi) is 5.92. The topological polar surface area (TPSA) is 71.3 Å². The average Bonchev–Trinajstić information content (AvgIpc) is 3.28. The van der Waals surface area contributed by atoms with Crippen LogP contribution in [-0.4, -0.2) is 29.2 Å². The number of amides is 1. The van der Waals surface area contributed by atoms with Crippen molar-refractivity contribution in [3.8, 4) is 0 Å². The van der Waals surface area contributed by atoms with E-state index in [1.54, 1.807) is 0 Å². The van der Waals surface area contributed by atoms with E-state index in [1.165, 1.54) is 0 Å². The molecule has 1 amide bonds. The van der Waals surface area contributed by atoms with Gasteiger partial charge >= 0.3 is 12.2 Å². The van der Waals surface area contributed by atoms with Crippen molar-refractivity contribution in [3.63, 3.8) is 0 Å². The molecule has 1 aliphatic heterocycles. The fourth-order valence-corrected chi connectivity index (χ4v) is 3.51. The maximum Gasteiger partial charge on any atom is 0.416 e. The quantitative estimate of drug-likeness (QED) is 0.641. The number of alkyl halides is 3.